The maximum atomic E-state index is 12.5. The fraction of sp³-hybridized carbons (Fsp3) is 0.190. The third-order valence-electron chi connectivity index (χ3n) is 4.62. The molecule has 0 aliphatic rings. The van der Waals surface area contributed by atoms with Gasteiger partial charge in [-0.05, 0) is 31.2 Å². The van der Waals surface area contributed by atoms with Gasteiger partial charge in [-0.3, -0.25) is 14.8 Å². The molecule has 10 nitrogen and oxygen atoms in total. The van der Waals surface area contributed by atoms with Gasteiger partial charge in [-0.2, -0.15) is 0 Å². The lowest BCUT2D eigenvalue weighted by Crippen LogP contribution is -2.23. The van der Waals surface area contributed by atoms with Gasteiger partial charge in [0, 0.05) is 30.7 Å². The molecule has 1 aromatic carbocycles. The van der Waals surface area contributed by atoms with Crippen molar-refractivity contribution in [2.75, 3.05) is 5.32 Å². The molecule has 4 rings (SSSR count). The number of hydrogen-bond acceptors (Lipinski definition) is 8. The molecule has 31 heavy (non-hydrogen) atoms. The van der Waals surface area contributed by atoms with Crippen molar-refractivity contribution < 1.29 is 4.79 Å². The van der Waals surface area contributed by atoms with Crippen LogP contribution in [-0.2, 0) is 20.1 Å². The summed E-state index contributed by atoms with van der Waals surface area (Å²) in [6.45, 7) is 2.62. The van der Waals surface area contributed by atoms with Crippen molar-refractivity contribution in [1.82, 2.24) is 40.0 Å². The van der Waals surface area contributed by atoms with E-state index in [1.54, 1.807) is 36.8 Å². The molecule has 3 heterocycles. The summed E-state index contributed by atoms with van der Waals surface area (Å²) in [5.74, 6) is 1.21. The number of aromatic nitrogens is 7. The van der Waals surface area contributed by atoms with Crippen molar-refractivity contribution in [3.63, 3.8) is 0 Å². The second-order valence-corrected chi connectivity index (χ2v) is 6.86. The number of amides is 1. The number of hydrogen-bond donors (Lipinski definition) is 2. The zero-order valence-electron chi connectivity index (χ0n) is 17.1. The van der Waals surface area contributed by atoms with Gasteiger partial charge in [-0.15, -0.1) is 10.2 Å². The maximum Gasteiger partial charge on any atom is 0.251 e. The molecule has 4 aromatic rings. The Kier molecular flexibility index (Phi) is 5.88. The van der Waals surface area contributed by atoms with Crippen molar-refractivity contribution in [3.8, 4) is 11.5 Å². The van der Waals surface area contributed by atoms with E-state index < -0.39 is 0 Å². The minimum absolute atomic E-state index is 0.185. The minimum Gasteiger partial charge on any atom is -0.378 e. The fourth-order valence-electron chi connectivity index (χ4n) is 2.90. The number of nitrogens with zero attached hydrogens (tertiary/aromatic N) is 7. The van der Waals surface area contributed by atoms with Gasteiger partial charge < -0.3 is 15.2 Å². The van der Waals surface area contributed by atoms with Crippen LogP contribution in [0.4, 0.5) is 5.69 Å². The summed E-state index contributed by atoms with van der Waals surface area (Å²) in [5.41, 5.74) is 3.59. The van der Waals surface area contributed by atoms with Crippen LogP contribution in [0.1, 0.15) is 27.6 Å². The van der Waals surface area contributed by atoms with E-state index in [0.29, 0.717) is 35.9 Å². The molecule has 0 aliphatic carbocycles. The molecule has 2 N–H and O–H groups in total. The first-order valence-electron chi connectivity index (χ1n) is 9.64. The quantitative estimate of drug-likeness (QED) is 0.469. The number of rotatable bonds is 7. The van der Waals surface area contributed by atoms with Crippen molar-refractivity contribution in [2.24, 2.45) is 7.05 Å². The zero-order chi connectivity index (χ0) is 21.6. The van der Waals surface area contributed by atoms with Crippen LogP contribution in [0.5, 0.6) is 0 Å². The molecule has 3 aromatic heterocycles. The Hall–Kier alpha value is -4.21. The van der Waals surface area contributed by atoms with E-state index in [1.807, 2.05) is 30.7 Å². The topological polar surface area (TPSA) is 123 Å². The van der Waals surface area contributed by atoms with Gasteiger partial charge in [-0.25, -0.2) is 9.97 Å². The Bertz CT molecular complexity index is 1170. The van der Waals surface area contributed by atoms with Crippen LogP contribution in [0, 0.1) is 6.92 Å². The molecule has 0 fully saturated rings. The van der Waals surface area contributed by atoms with Crippen LogP contribution in [0.2, 0.25) is 0 Å². The highest BCUT2D eigenvalue weighted by Gasteiger charge is 2.12. The Morgan fingerprint density at radius 3 is 2.74 bits per heavy atom. The Balaban J connectivity index is 1.38. The number of nitrogens with one attached hydrogen (secondary N) is 2. The summed E-state index contributed by atoms with van der Waals surface area (Å²) >= 11 is 0. The van der Waals surface area contributed by atoms with Gasteiger partial charge in [0.1, 0.15) is 12.0 Å². The average molecular weight is 415 g/mol. The van der Waals surface area contributed by atoms with E-state index in [4.69, 9.17) is 0 Å². The normalized spacial score (nSPS) is 10.6. The van der Waals surface area contributed by atoms with Gasteiger partial charge >= 0.3 is 0 Å². The van der Waals surface area contributed by atoms with Gasteiger partial charge in [0.25, 0.3) is 5.91 Å². The maximum absolute atomic E-state index is 12.5. The smallest absolute Gasteiger partial charge is 0.251 e. The number of carbonyl (C=O) groups is 1. The molecule has 1 amide bonds. The van der Waals surface area contributed by atoms with E-state index >= 15 is 0 Å². The molecule has 0 radical (unpaired) electrons. The van der Waals surface area contributed by atoms with Crippen LogP contribution < -0.4 is 10.6 Å². The molecule has 0 saturated carbocycles. The molecule has 0 unspecified atom stereocenters. The predicted molar refractivity (Wildman–Crippen MR) is 114 cm³/mol. The average Bonchev–Trinajstić information content (AvgIpc) is 3.18. The number of anilines is 1. The Morgan fingerprint density at radius 2 is 1.97 bits per heavy atom. The lowest BCUT2D eigenvalue weighted by atomic mass is 10.2. The first-order valence-corrected chi connectivity index (χ1v) is 9.64. The molecule has 0 bridgehead atoms. The second-order valence-electron chi connectivity index (χ2n) is 6.86. The predicted octanol–water partition coefficient (Wildman–Crippen LogP) is 1.91. The van der Waals surface area contributed by atoms with E-state index in [1.165, 1.54) is 6.33 Å². The second kappa shape index (κ2) is 9.08. The Labute approximate surface area is 178 Å². The highest BCUT2D eigenvalue weighted by atomic mass is 16.1. The van der Waals surface area contributed by atoms with Crippen molar-refractivity contribution >= 4 is 11.6 Å². The zero-order valence-corrected chi connectivity index (χ0v) is 17.1. The van der Waals surface area contributed by atoms with E-state index in [0.717, 1.165) is 17.2 Å². The third kappa shape index (κ3) is 4.86. The summed E-state index contributed by atoms with van der Waals surface area (Å²) in [6, 6.07) is 9.05. The summed E-state index contributed by atoms with van der Waals surface area (Å²) in [6.07, 6.45) is 6.47. The highest BCUT2D eigenvalue weighted by Crippen LogP contribution is 2.15. The van der Waals surface area contributed by atoms with Gasteiger partial charge in [0.2, 0.25) is 0 Å². The number of carbonyl (C=O) groups excluding carboxylic acids is 1. The first kappa shape index (κ1) is 20.1. The minimum atomic E-state index is -0.185. The first-order chi connectivity index (χ1) is 15.1. The van der Waals surface area contributed by atoms with Gasteiger partial charge in [0.05, 0.1) is 30.7 Å². The van der Waals surface area contributed by atoms with Crippen LogP contribution >= 0.6 is 0 Å². The van der Waals surface area contributed by atoms with Crippen LogP contribution in [0.15, 0.2) is 55.2 Å². The molecule has 0 saturated heterocycles. The summed E-state index contributed by atoms with van der Waals surface area (Å²) < 4.78 is 1.87. The standard InChI is InChI=1S/C21H21N9O/c1-14-9-24-17(10-23-14)11-26-21(31)15-4-3-5-16(8-15)25-12-19-28-29-20(30(19)2)18-6-7-22-13-27-18/h3-10,13,25H,11-12H2,1-2H3,(H,26,31). The molecule has 0 atom stereocenters. The Morgan fingerprint density at radius 1 is 1.06 bits per heavy atom. The molecular formula is C21H21N9O. The highest BCUT2D eigenvalue weighted by molar-refractivity contribution is 5.95. The SMILES string of the molecule is Cc1cnc(CNC(=O)c2cccc(NCc3nnc(-c4ccncn4)n3C)c2)cn1. The molecule has 10 heteroatoms. The van der Waals surface area contributed by atoms with E-state index in [-0.39, 0.29) is 5.91 Å². The lowest BCUT2D eigenvalue weighted by molar-refractivity contribution is 0.0950. The van der Waals surface area contributed by atoms with Gasteiger partial charge in [0.15, 0.2) is 11.6 Å². The molecule has 0 spiro atoms. The number of benzene rings is 1. The molecule has 0 aliphatic heterocycles. The lowest BCUT2D eigenvalue weighted by Gasteiger charge is -2.09. The van der Waals surface area contributed by atoms with E-state index in [2.05, 4.69) is 40.8 Å². The monoisotopic (exact) mass is 415 g/mol. The van der Waals surface area contributed by atoms with Crippen LogP contribution in [0.25, 0.3) is 11.5 Å². The summed E-state index contributed by atoms with van der Waals surface area (Å²) in [7, 11) is 1.88. The third-order valence-corrected chi connectivity index (χ3v) is 4.62. The largest absolute Gasteiger partial charge is 0.378 e. The van der Waals surface area contributed by atoms with Crippen LogP contribution in [-0.4, -0.2) is 40.6 Å². The molecule has 156 valence electrons. The molecular weight excluding hydrogens is 394 g/mol. The van der Waals surface area contributed by atoms with Crippen molar-refractivity contribution in [1.29, 1.82) is 0 Å². The van der Waals surface area contributed by atoms with E-state index in [9.17, 15) is 4.79 Å². The van der Waals surface area contributed by atoms with Crippen molar-refractivity contribution in [2.45, 2.75) is 20.0 Å². The summed E-state index contributed by atoms with van der Waals surface area (Å²) in [4.78, 5) is 29.1. The summed E-state index contributed by atoms with van der Waals surface area (Å²) in [5, 5.41) is 14.6. The van der Waals surface area contributed by atoms with Crippen LogP contribution in [0.3, 0.4) is 0 Å². The van der Waals surface area contributed by atoms with Crippen molar-refractivity contribution in [3.05, 3.63) is 78.0 Å². The van der Waals surface area contributed by atoms with Gasteiger partial charge in [-0.1, -0.05) is 6.07 Å². The number of aryl methyl sites for hydroxylation is 1. The fourth-order valence-corrected chi connectivity index (χ4v) is 2.90.